The van der Waals surface area contributed by atoms with Crippen molar-refractivity contribution in [2.75, 3.05) is 0 Å². The number of allylic oxidation sites excluding steroid dienone is 1. The van der Waals surface area contributed by atoms with E-state index in [9.17, 15) is 0 Å². The summed E-state index contributed by atoms with van der Waals surface area (Å²) < 4.78 is 1.10. The number of fused-ring (bicyclic) bond motifs is 3. The monoisotopic (exact) mass is 454 g/mol. The molecule has 0 radical (unpaired) electrons. The highest BCUT2D eigenvalue weighted by Crippen LogP contribution is 2.52. The third kappa shape index (κ3) is 4.90. The summed E-state index contributed by atoms with van der Waals surface area (Å²) in [5.74, 6) is 0. The van der Waals surface area contributed by atoms with Crippen molar-refractivity contribution < 1.29 is 0 Å². The molecule has 0 nitrogen and oxygen atoms in total. The van der Waals surface area contributed by atoms with E-state index >= 15 is 0 Å². The van der Waals surface area contributed by atoms with Gasteiger partial charge in [0.05, 0.1) is 0 Å². The Morgan fingerprint density at radius 1 is 0.867 bits per heavy atom. The van der Waals surface area contributed by atoms with Crippen LogP contribution >= 0.6 is 15.9 Å². The second kappa shape index (κ2) is 10.9. The van der Waals surface area contributed by atoms with Crippen LogP contribution < -0.4 is 0 Å². The smallest absolute Gasteiger partial charge is 0.0475 e. The molecule has 0 fully saturated rings. The molecule has 1 heteroatoms. The van der Waals surface area contributed by atoms with Crippen molar-refractivity contribution in [3.63, 3.8) is 0 Å². The maximum absolute atomic E-state index is 3.69. The van der Waals surface area contributed by atoms with Crippen LogP contribution in [0.25, 0.3) is 11.1 Å². The van der Waals surface area contributed by atoms with Crippen LogP contribution in [0, 0.1) is 0 Å². The first-order chi connectivity index (χ1) is 14.7. The molecule has 0 aromatic heterocycles. The lowest BCUT2D eigenvalue weighted by molar-refractivity contribution is 0.518. The van der Waals surface area contributed by atoms with Crippen LogP contribution in [0.3, 0.4) is 0 Å². The van der Waals surface area contributed by atoms with Gasteiger partial charge in [-0.05, 0) is 76.4 Å². The summed E-state index contributed by atoms with van der Waals surface area (Å²) in [5.41, 5.74) is 22.0. The first-order valence-electron chi connectivity index (χ1n) is 10.7. The summed E-state index contributed by atoms with van der Waals surface area (Å²) in [7, 11) is 0. The fraction of sp³-hybridized carbons (Fsp3) is 0.310. The minimum absolute atomic E-state index is 0.201. The summed E-state index contributed by atoms with van der Waals surface area (Å²) >= 11 is 3.69. The summed E-state index contributed by atoms with van der Waals surface area (Å²) in [6, 6.07) is 15.4. The molecule has 0 heterocycles. The summed E-state index contributed by atoms with van der Waals surface area (Å²) in [5, 5.41) is 0. The average molecular weight is 455 g/mol. The lowest BCUT2D eigenvalue weighted by Crippen LogP contribution is -2.22. The van der Waals surface area contributed by atoms with E-state index in [0.29, 0.717) is 0 Å². The Labute approximate surface area is 189 Å². The van der Waals surface area contributed by atoms with Crippen LogP contribution in [0.2, 0.25) is 0 Å². The Bertz CT molecular complexity index is 1130. The van der Waals surface area contributed by atoms with Crippen molar-refractivity contribution in [1.82, 2.24) is 0 Å². The molecule has 0 amide bonds. The van der Waals surface area contributed by atoms with E-state index in [1.54, 1.807) is 0 Å². The predicted octanol–water partition coefficient (Wildman–Crippen LogP) is 8.58. The van der Waals surface area contributed by atoms with Gasteiger partial charge in [0.2, 0.25) is 0 Å². The number of hydrogen-bond donors (Lipinski definition) is 0. The van der Waals surface area contributed by atoms with Crippen molar-refractivity contribution in [3.8, 4) is 11.1 Å². The van der Waals surface area contributed by atoms with Crippen LogP contribution in [0.15, 0.2) is 94.0 Å². The first-order valence-corrected chi connectivity index (χ1v) is 11.5. The van der Waals surface area contributed by atoms with Gasteiger partial charge in [0, 0.05) is 9.89 Å². The molecule has 2 aromatic carbocycles. The van der Waals surface area contributed by atoms with E-state index in [4.69, 9.17) is 0 Å². The first kappa shape index (κ1) is 22.0. The minimum atomic E-state index is -0.201. The zero-order chi connectivity index (χ0) is 21.2. The van der Waals surface area contributed by atoms with Crippen LogP contribution in [0.4, 0.5) is 0 Å². The molecule has 0 saturated carbocycles. The Morgan fingerprint density at radius 3 is 2.43 bits per heavy atom. The SMILES string of the molecule is C=C=C=C=C=C=C=CC1(CCCCCCCC)c2ccccc2-c2ccc(Br)cc21. The maximum atomic E-state index is 3.69. The van der Waals surface area contributed by atoms with Gasteiger partial charge in [-0.2, -0.15) is 0 Å². The summed E-state index contributed by atoms with van der Waals surface area (Å²) in [4.78, 5) is 0. The van der Waals surface area contributed by atoms with Gasteiger partial charge in [0.25, 0.3) is 0 Å². The highest BCUT2D eigenvalue weighted by molar-refractivity contribution is 9.10. The van der Waals surface area contributed by atoms with E-state index in [1.165, 1.54) is 60.8 Å². The largest absolute Gasteiger partial charge is 0.0687 e. The summed E-state index contributed by atoms with van der Waals surface area (Å²) in [6.45, 7) is 5.73. The van der Waals surface area contributed by atoms with Crippen LogP contribution in [0.1, 0.15) is 63.0 Å². The molecule has 3 rings (SSSR count). The third-order valence-electron chi connectivity index (χ3n) is 5.75. The topological polar surface area (TPSA) is 0 Å². The Morgan fingerprint density at radius 2 is 1.60 bits per heavy atom. The van der Waals surface area contributed by atoms with Gasteiger partial charge in [-0.25, -0.2) is 0 Å². The van der Waals surface area contributed by atoms with Crippen molar-refractivity contribution >= 4 is 15.9 Å². The van der Waals surface area contributed by atoms with Gasteiger partial charge in [-0.15, -0.1) is 0 Å². The molecule has 1 aliphatic carbocycles. The van der Waals surface area contributed by atoms with Gasteiger partial charge < -0.3 is 0 Å². The molecular formula is C29H27Br. The number of hydrogen-bond acceptors (Lipinski definition) is 0. The normalized spacial score (nSPS) is 15.4. The lowest BCUT2D eigenvalue weighted by atomic mass is 9.74. The maximum Gasteiger partial charge on any atom is 0.0475 e. The molecule has 1 aliphatic rings. The van der Waals surface area contributed by atoms with E-state index in [0.717, 1.165) is 10.9 Å². The zero-order valence-corrected chi connectivity index (χ0v) is 19.2. The van der Waals surface area contributed by atoms with E-state index in [2.05, 4.69) is 112 Å². The number of unbranched alkanes of at least 4 members (excludes halogenated alkanes) is 5. The van der Waals surface area contributed by atoms with Crippen LogP contribution in [-0.4, -0.2) is 0 Å². The lowest BCUT2D eigenvalue weighted by Gasteiger charge is -2.28. The minimum Gasteiger partial charge on any atom is -0.0687 e. The second-order valence-corrected chi connectivity index (χ2v) is 8.61. The van der Waals surface area contributed by atoms with Gasteiger partial charge in [0.1, 0.15) is 0 Å². The van der Waals surface area contributed by atoms with Crippen molar-refractivity contribution in [1.29, 1.82) is 0 Å². The molecule has 30 heavy (non-hydrogen) atoms. The molecule has 0 aliphatic heterocycles. The van der Waals surface area contributed by atoms with Gasteiger partial charge in [-0.1, -0.05) is 103 Å². The van der Waals surface area contributed by atoms with Crippen LogP contribution in [0.5, 0.6) is 0 Å². The zero-order valence-electron chi connectivity index (χ0n) is 17.7. The molecule has 2 aromatic rings. The molecule has 1 unspecified atom stereocenters. The third-order valence-corrected chi connectivity index (χ3v) is 6.24. The Balaban J connectivity index is 2.08. The number of rotatable bonds is 8. The van der Waals surface area contributed by atoms with E-state index in [1.807, 2.05) is 0 Å². The molecule has 0 saturated heterocycles. The van der Waals surface area contributed by atoms with E-state index in [-0.39, 0.29) is 5.41 Å². The highest BCUT2D eigenvalue weighted by atomic mass is 79.9. The van der Waals surface area contributed by atoms with Gasteiger partial charge in [-0.3, -0.25) is 0 Å². The fourth-order valence-electron chi connectivity index (χ4n) is 4.36. The van der Waals surface area contributed by atoms with E-state index < -0.39 is 0 Å². The fourth-order valence-corrected chi connectivity index (χ4v) is 4.72. The molecule has 0 N–H and O–H groups in total. The summed E-state index contributed by atoms with van der Waals surface area (Å²) in [6.07, 6.45) is 10.9. The molecule has 1 atom stereocenters. The molecule has 0 spiro atoms. The standard InChI is InChI=1S/C29H27Br/c1-3-5-7-9-11-15-21-29(22-16-12-10-8-6-4-2)27-18-14-13-17-25(27)26-20-19-24(30)23-28(26)29/h13-14,17-21,23H,1,4,6,8,10,12,16,22H2,2H3. The van der Waals surface area contributed by atoms with Crippen LogP contribution in [-0.2, 0) is 5.41 Å². The van der Waals surface area contributed by atoms with Gasteiger partial charge in [0.15, 0.2) is 0 Å². The predicted molar refractivity (Wildman–Crippen MR) is 130 cm³/mol. The Hall–Kier alpha value is -2.66. The average Bonchev–Trinajstić information content (AvgIpc) is 3.03. The number of benzene rings is 2. The molecular weight excluding hydrogens is 428 g/mol. The second-order valence-electron chi connectivity index (χ2n) is 7.69. The number of halogens is 1. The molecule has 150 valence electrons. The Kier molecular flexibility index (Phi) is 8.03. The molecule has 0 bridgehead atoms. The highest BCUT2D eigenvalue weighted by Gasteiger charge is 2.40. The van der Waals surface area contributed by atoms with Crippen molar-refractivity contribution in [2.45, 2.75) is 57.3 Å². The van der Waals surface area contributed by atoms with Crippen molar-refractivity contribution in [2.24, 2.45) is 0 Å². The van der Waals surface area contributed by atoms with Crippen molar-refractivity contribution in [3.05, 3.63) is 105 Å². The van der Waals surface area contributed by atoms with Gasteiger partial charge >= 0.3 is 0 Å². The quantitative estimate of drug-likeness (QED) is 0.276.